The minimum Gasteiger partial charge on any atom is -0.381 e. The first-order valence-electron chi connectivity index (χ1n) is 9.78. The number of rotatable bonds is 4. The van der Waals surface area contributed by atoms with Crippen LogP contribution in [0.5, 0.6) is 0 Å². The minimum absolute atomic E-state index is 0.0113. The van der Waals surface area contributed by atoms with Gasteiger partial charge in [-0.05, 0) is 39.5 Å². The summed E-state index contributed by atoms with van der Waals surface area (Å²) < 4.78 is 7.34. The van der Waals surface area contributed by atoms with E-state index < -0.39 is 0 Å². The maximum Gasteiger partial charge on any atom is 0.317 e. The summed E-state index contributed by atoms with van der Waals surface area (Å²) in [4.78, 5) is 16.9. The number of nitrogens with one attached hydrogen (secondary N) is 1. The fraction of sp³-hybridized carbons (Fsp3) is 0.789. The Morgan fingerprint density at radius 3 is 2.46 bits per heavy atom. The molecule has 0 atom stereocenters. The predicted molar refractivity (Wildman–Crippen MR) is 101 cm³/mol. The van der Waals surface area contributed by atoms with Crippen LogP contribution in [0.3, 0.4) is 0 Å². The summed E-state index contributed by atoms with van der Waals surface area (Å²) in [5.41, 5.74) is 3.25. The number of urea groups is 1. The lowest BCUT2D eigenvalue weighted by atomic mass is 10.00. The Kier molecular flexibility index (Phi) is 6.19. The van der Waals surface area contributed by atoms with Crippen LogP contribution in [0.15, 0.2) is 0 Å². The fourth-order valence-corrected chi connectivity index (χ4v) is 4.10. The number of hydrogen-bond acceptors (Lipinski definition) is 4. The van der Waals surface area contributed by atoms with E-state index in [1.165, 1.54) is 0 Å². The third-order valence-corrected chi connectivity index (χ3v) is 5.97. The zero-order chi connectivity index (χ0) is 18.7. The van der Waals surface area contributed by atoms with Crippen LogP contribution >= 0.6 is 0 Å². The summed E-state index contributed by atoms with van der Waals surface area (Å²) in [7, 11) is 3.80. The highest BCUT2D eigenvalue weighted by atomic mass is 16.5. The van der Waals surface area contributed by atoms with Crippen LogP contribution in [0.4, 0.5) is 4.79 Å². The monoisotopic (exact) mass is 363 g/mol. The molecule has 2 fully saturated rings. The second-order valence-corrected chi connectivity index (χ2v) is 7.73. The Bertz CT molecular complexity index is 616. The largest absolute Gasteiger partial charge is 0.381 e. The van der Waals surface area contributed by atoms with Gasteiger partial charge in [-0.15, -0.1) is 0 Å². The van der Waals surface area contributed by atoms with Crippen molar-refractivity contribution in [3.63, 3.8) is 0 Å². The molecule has 2 saturated heterocycles. The SMILES string of the molecule is Cc1nn(C)c(C)c1CN(C)C(=O)NC1CCN(C2CCOCC2)CC1. The minimum atomic E-state index is 0.0113. The van der Waals surface area contributed by atoms with Crippen LogP contribution in [-0.4, -0.2) is 71.0 Å². The van der Waals surface area contributed by atoms with E-state index in [0.29, 0.717) is 12.6 Å². The van der Waals surface area contributed by atoms with Gasteiger partial charge in [-0.25, -0.2) is 4.79 Å². The van der Waals surface area contributed by atoms with Gasteiger partial charge < -0.3 is 19.9 Å². The molecular weight excluding hydrogens is 330 g/mol. The molecule has 2 aliphatic heterocycles. The molecular formula is C19H33N5O2. The Balaban J connectivity index is 1.46. The zero-order valence-corrected chi connectivity index (χ0v) is 16.6. The topological polar surface area (TPSA) is 62.6 Å². The fourth-order valence-electron chi connectivity index (χ4n) is 4.10. The van der Waals surface area contributed by atoms with Gasteiger partial charge in [0.15, 0.2) is 0 Å². The number of nitrogens with zero attached hydrogens (tertiary/aromatic N) is 4. The highest BCUT2D eigenvalue weighted by molar-refractivity contribution is 5.74. The van der Waals surface area contributed by atoms with Crippen LogP contribution in [0.2, 0.25) is 0 Å². The van der Waals surface area contributed by atoms with Gasteiger partial charge in [0, 0.05) is 63.7 Å². The van der Waals surface area contributed by atoms with Crippen LogP contribution in [0.25, 0.3) is 0 Å². The number of aryl methyl sites for hydroxylation is 2. The van der Waals surface area contributed by atoms with Crippen LogP contribution < -0.4 is 5.32 Å². The van der Waals surface area contributed by atoms with Gasteiger partial charge in [0.1, 0.15) is 0 Å². The smallest absolute Gasteiger partial charge is 0.317 e. The molecule has 146 valence electrons. The van der Waals surface area contributed by atoms with Gasteiger partial charge in [0.2, 0.25) is 0 Å². The van der Waals surface area contributed by atoms with Gasteiger partial charge in [0.05, 0.1) is 12.2 Å². The van der Waals surface area contributed by atoms with Gasteiger partial charge >= 0.3 is 6.03 Å². The molecule has 0 saturated carbocycles. The molecule has 7 nitrogen and oxygen atoms in total. The first kappa shape index (κ1) is 19.2. The first-order chi connectivity index (χ1) is 12.5. The second kappa shape index (κ2) is 8.39. The third kappa shape index (κ3) is 4.38. The number of amides is 2. The van der Waals surface area contributed by atoms with E-state index in [9.17, 15) is 4.79 Å². The van der Waals surface area contributed by atoms with E-state index in [1.54, 1.807) is 4.90 Å². The summed E-state index contributed by atoms with van der Waals surface area (Å²) in [6, 6.07) is 0.953. The van der Waals surface area contributed by atoms with Crippen molar-refractivity contribution in [2.45, 2.75) is 58.2 Å². The summed E-state index contributed by atoms with van der Waals surface area (Å²) in [6.45, 7) is 8.56. The van der Waals surface area contributed by atoms with Crippen molar-refractivity contribution < 1.29 is 9.53 Å². The van der Waals surface area contributed by atoms with E-state index in [-0.39, 0.29) is 12.1 Å². The molecule has 0 aliphatic carbocycles. The highest BCUT2D eigenvalue weighted by Crippen LogP contribution is 2.20. The average Bonchev–Trinajstić information content (AvgIpc) is 2.89. The molecule has 1 aromatic rings. The molecule has 3 rings (SSSR count). The first-order valence-corrected chi connectivity index (χ1v) is 9.78. The lowest BCUT2D eigenvalue weighted by Gasteiger charge is -2.39. The van der Waals surface area contributed by atoms with Gasteiger partial charge in [-0.1, -0.05) is 0 Å². The number of likely N-dealkylation sites (tertiary alicyclic amines) is 1. The van der Waals surface area contributed by atoms with E-state index in [0.717, 1.165) is 68.9 Å². The van der Waals surface area contributed by atoms with E-state index >= 15 is 0 Å². The molecule has 2 aliphatic rings. The second-order valence-electron chi connectivity index (χ2n) is 7.73. The van der Waals surface area contributed by atoms with Crippen molar-refractivity contribution in [2.24, 2.45) is 7.05 Å². The molecule has 0 bridgehead atoms. The standard InChI is InChI=1S/C19H33N5O2/c1-14-18(15(2)23(4)21-14)13-22(3)19(25)20-16-5-9-24(10-6-16)17-7-11-26-12-8-17/h16-17H,5-13H2,1-4H3,(H,20,25). The Morgan fingerprint density at radius 2 is 1.88 bits per heavy atom. The number of piperidine rings is 1. The van der Waals surface area contributed by atoms with Gasteiger partial charge in [-0.3, -0.25) is 4.68 Å². The van der Waals surface area contributed by atoms with Crippen molar-refractivity contribution in [1.82, 2.24) is 24.9 Å². The molecule has 2 amide bonds. The molecule has 0 spiro atoms. The van der Waals surface area contributed by atoms with Crippen molar-refractivity contribution in [3.05, 3.63) is 17.0 Å². The number of carbonyl (C=O) groups excluding carboxylic acids is 1. The summed E-state index contributed by atoms with van der Waals surface area (Å²) in [5.74, 6) is 0. The Hall–Kier alpha value is -1.60. The third-order valence-electron chi connectivity index (χ3n) is 5.97. The molecule has 1 N–H and O–H groups in total. The zero-order valence-electron chi connectivity index (χ0n) is 16.6. The number of hydrogen-bond donors (Lipinski definition) is 1. The van der Waals surface area contributed by atoms with E-state index in [2.05, 4.69) is 15.3 Å². The van der Waals surface area contributed by atoms with Crippen LogP contribution in [0, 0.1) is 13.8 Å². The van der Waals surface area contributed by atoms with E-state index in [4.69, 9.17) is 4.74 Å². The average molecular weight is 364 g/mol. The van der Waals surface area contributed by atoms with Crippen molar-refractivity contribution >= 4 is 6.03 Å². The molecule has 26 heavy (non-hydrogen) atoms. The van der Waals surface area contributed by atoms with Crippen LogP contribution in [-0.2, 0) is 18.3 Å². The Labute approximate surface area is 156 Å². The number of ether oxygens (including phenoxy) is 1. The normalized spacial score (nSPS) is 20.3. The summed E-state index contributed by atoms with van der Waals surface area (Å²) in [5, 5.41) is 7.65. The highest BCUT2D eigenvalue weighted by Gasteiger charge is 2.27. The van der Waals surface area contributed by atoms with Gasteiger partial charge in [-0.2, -0.15) is 5.10 Å². The quantitative estimate of drug-likeness (QED) is 0.886. The lowest BCUT2D eigenvalue weighted by Crippen LogP contribution is -2.51. The molecule has 3 heterocycles. The number of aromatic nitrogens is 2. The molecule has 1 aromatic heterocycles. The van der Waals surface area contributed by atoms with Crippen molar-refractivity contribution in [2.75, 3.05) is 33.4 Å². The molecule has 0 radical (unpaired) electrons. The predicted octanol–water partition coefficient (Wildman–Crippen LogP) is 1.82. The number of carbonyl (C=O) groups is 1. The van der Waals surface area contributed by atoms with Crippen molar-refractivity contribution in [3.8, 4) is 0 Å². The lowest BCUT2D eigenvalue weighted by molar-refractivity contribution is 0.0242. The van der Waals surface area contributed by atoms with Gasteiger partial charge in [0.25, 0.3) is 0 Å². The Morgan fingerprint density at radius 1 is 1.23 bits per heavy atom. The van der Waals surface area contributed by atoms with Crippen molar-refractivity contribution in [1.29, 1.82) is 0 Å². The summed E-state index contributed by atoms with van der Waals surface area (Å²) in [6.07, 6.45) is 4.34. The molecule has 0 aromatic carbocycles. The van der Waals surface area contributed by atoms with Crippen LogP contribution in [0.1, 0.15) is 42.6 Å². The van der Waals surface area contributed by atoms with E-state index in [1.807, 2.05) is 32.6 Å². The maximum atomic E-state index is 12.6. The molecule has 0 unspecified atom stereocenters. The maximum absolute atomic E-state index is 12.6. The summed E-state index contributed by atoms with van der Waals surface area (Å²) >= 11 is 0. The molecule has 7 heteroatoms.